The Morgan fingerprint density at radius 1 is 1.00 bits per heavy atom. The van der Waals surface area contributed by atoms with Gasteiger partial charge in [-0.1, -0.05) is 23.2 Å². The zero-order valence-corrected chi connectivity index (χ0v) is 11.7. The lowest BCUT2D eigenvalue weighted by atomic mass is 10.2. The Morgan fingerprint density at radius 2 is 1.60 bits per heavy atom. The molecule has 2 aromatic rings. The van der Waals surface area contributed by atoms with Crippen LogP contribution in [0.5, 0.6) is 0 Å². The zero-order valence-electron chi connectivity index (χ0n) is 10.2. The average molecular weight is 306 g/mol. The summed E-state index contributed by atoms with van der Waals surface area (Å²) in [6.07, 6.45) is 0. The second kappa shape index (κ2) is 6.29. The van der Waals surface area contributed by atoms with E-state index < -0.39 is 6.03 Å². The molecule has 2 amide bonds. The molecule has 2 rings (SSSR count). The highest BCUT2D eigenvalue weighted by Gasteiger charge is 2.05. The van der Waals surface area contributed by atoms with Crippen LogP contribution >= 0.6 is 23.2 Å². The molecule has 0 bridgehead atoms. The van der Waals surface area contributed by atoms with E-state index in [1.54, 1.807) is 36.4 Å². The van der Waals surface area contributed by atoms with Crippen molar-refractivity contribution in [3.8, 4) is 6.07 Å². The van der Waals surface area contributed by atoms with Crippen LogP contribution in [-0.4, -0.2) is 6.03 Å². The minimum absolute atomic E-state index is 0.289. The SMILES string of the molecule is N#Cc1ccc(NC(=O)Nc2ccc(Cl)cc2)cc1Cl. The van der Waals surface area contributed by atoms with Gasteiger partial charge in [-0.05, 0) is 42.5 Å². The number of amides is 2. The van der Waals surface area contributed by atoms with E-state index in [4.69, 9.17) is 28.5 Å². The molecule has 0 aliphatic carbocycles. The van der Waals surface area contributed by atoms with E-state index in [0.717, 1.165) is 0 Å². The van der Waals surface area contributed by atoms with Gasteiger partial charge in [0.15, 0.2) is 0 Å². The van der Waals surface area contributed by atoms with Crippen molar-refractivity contribution >= 4 is 40.6 Å². The Hall–Kier alpha value is -2.22. The number of nitriles is 1. The lowest BCUT2D eigenvalue weighted by Gasteiger charge is -2.08. The van der Waals surface area contributed by atoms with Crippen molar-refractivity contribution in [1.82, 2.24) is 0 Å². The third-order valence-electron chi connectivity index (χ3n) is 2.45. The largest absolute Gasteiger partial charge is 0.323 e. The fraction of sp³-hybridized carbons (Fsp3) is 0. The van der Waals surface area contributed by atoms with Crippen LogP contribution in [0.3, 0.4) is 0 Å². The smallest absolute Gasteiger partial charge is 0.308 e. The van der Waals surface area contributed by atoms with Gasteiger partial charge in [0.2, 0.25) is 0 Å². The van der Waals surface area contributed by atoms with Crippen LogP contribution in [0.25, 0.3) is 0 Å². The summed E-state index contributed by atoms with van der Waals surface area (Å²) in [6, 6.07) is 12.9. The van der Waals surface area contributed by atoms with Gasteiger partial charge in [0.25, 0.3) is 0 Å². The van der Waals surface area contributed by atoms with E-state index >= 15 is 0 Å². The molecule has 6 heteroatoms. The van der Waals surface area contributed by atoms with Crippen LogP contribution in [0.4, 0.5) is 16.2 Å². The van der Waals surface area contributed by atoms with Crippen molar-refractivity contribution in [3.05, 3.63) is 58.1 Å². The lowest BCUT2D eigenvalue weighted by molar-refractivity contribution is 0.262. The van der Waals surface area contributed by atoms with Gasteiger partial charge in [-0.2, -0.15) is 5.26 Å². The Balaban J connectivity index is 2.03. The Kier molecular flexibility index (Phi) is 4.46. The van der Waals surface area contributed by atoms with Gasteiger partial charge in [0.05, 0.1) is 10.6 Å². The number of carbonyl (C=O) groups is 1. The number of urea groups is 1. The van der Waals surface area contributed by atoms with Crippen LogP contribution in [-0.2, 0) is 0 Å². The Labute approximate surface area is 125 Å². The standard InChI is InChI=1S/C14H9Cl2N3O/c15-10-2-5-11(6-3-10)18-14(20)19-12-4-1-9(8-17)13(16)7-12/h1-7H,(H2,18,19,20). The number of hydrogen-bond donors (Lipinski definition) is 2. The topological polar surface area (TPSA) is 64.9 Å². The van der Waals surface area contributed by atoms with Crippen LogP contribution in [0.2, 0.25) is 10.0 Å². The minimum atomic E-state index is -0.409. The molecule has 0 aliphatic rings. The van der Waals surface area contributed by atoms with Crippen molar-refractivity contribution < 1.29 is 4.79 Å². The molecule has 0 atom stereocenters. The number of benzene rings is 2. The summed E-state index contributed by atoms with van der Waals surface area (Å²) in [5.74, 6) is 0. The molecule has 0 spiro atoms. The predicted molar refractivity (Wildman–Crippen MR) is 80.3 cm³/mol. The molecule has 4 nitrogen and oxygen atoms in total. The first kappa shape index (κ1) is 14.2. The number of nitrogens with one attached hydrogen (secondary N) is 2. The van der Waals surface area contributed by atoms with Crippen molar-refractivity contribution in [2.45, 2.75) is 0 Å². The number of anilines is 2. The van der Waals surface area contributed by atoms with Crippen LogP contribution in [0.15, 0.2) is 42.5 Å². The molecule has 0 saturated carbocycles. The Morgan fingerprint density at radius 3 is 2.20 bits per heavy atom. The number of hydrogen-bond acceptors (Lipinski definition) is 2. The first-order valence-electron chi connectivity index (χ1n) is 5.62. The maximum atomic E-state index is 11.8. The van der Waals surface area contributed by atoms with E-state index in [2.05, 4.69) is 10.6 Å². The molecule has 20 heavy (non-hydrogen) atoms. The van der Waals surface area contributed by atoms with Gasteiger partial charge in [0, 0.05) is 16.4 Å². The third-order valence-corrected chi connectivity index (χ3v) is 3.01. The van der Waals surface area contributed by atoms with Crippen molar-refractivity contribution in [3.63, 3.8) is 0 Å². The number of halogens is 2. The molecule has 0 fully saturated rings. The van der Waals surface area contributed by atoms with Crippen LogP contribution in [0.1, 0.15) is 5.56 Å². The fourth-order valence-electron chi connectivity index (χ4n) is 1.51. The van der Waals surface area contributed by atoms with Crippen LogP contribution in [0, 0.1) is 11.3 Å². The zero-order chi connectivity index (χ0) is 14.5. The van der Waals surface area contributed by atoms with Crippen molar-refractivity contribution in [2.75, 3.05) is 10.6 Å². The second-order valence-electron chi connectivity index (χ2n) is 3.89. The molecular weight excluding hydrogens is 297 g/mol. The molecule has 2 aromatic carbocycles. The van der Waals surface area contributed by atoms with Gasteiger partial charge in [-0.25, -0.2) is 4.79 Å². The first-order valence-corrected chi connectivity index (χ1v) is 6.37. The predicted octanol–water partition coefficient (Wildman–Crippen LogP) is 4.51. The molecule has 0 unspecified atom stereocenters. The summed E-state index contributed by atoms with van der Waals surface area (Å²) in [4.78, 5) is 11.8. The second-order valence-corrected chi connectivity index (χ2v) is 4.74. The number of carbonyl (C=O) groups excluding carboxylic acids is 1. The molecule has 0 radical (unpaired) electrons. The molecule has 0 saturated heterocycles. The van der Waals surface area contributed by atoms with Gasteiger partial charge in [0.1, 0.15) is 6.07 Å². The van der Waals surface area contributed by atoms with E-state index in [-0.39, 0.29) is 5.02 Å². The van der Waals surface area contributed by atoms with E-state index in [1.807, 2.05) is 6.07 Å². The number of rotatable bonds is 2. The molecule has 2 N–H and O–H groups in total. The van der Waals surface area contributed by atoms with Gasteiger partial charge in [-0.3, -0.25) is 0 Å². The summed E-state index contributed by atoms with van der Waals surface area (Å²) in [6.45, 7) is 0. The molecule has 0 aliphatic heterocycles. The minimum Gasteiger partial charge on any atom is -0.308 e. The quantitative estimate of drug-likeness (QED) is 0.857. The van der Waals surface area contributed by atoms with E-state index in [1.165, 1.54) is 6.07 Å². The third kappa shape index (κ3) is 3.64. The summed E-state index contributed by atoms with van der Waals surface area (Å²) < 4.78 is 0. The normalized spacial score (nSPS) is 9.65. The molecule has 100 valence electrons. The van der Waals surface area contributed by atoms with Crippen molar-refractivity contribution in [2.24, 2.45) is 0 Å². The van der Waals surface area contributed by atoms with Crippen molar-refractivity contribution in [1.29, 1.82) is 5.26 Å². The van der Waals surface area contributed by atoms with Gasteiger partial charge < -0.3 is 10.6 Å². The number of nitrogens with zero attached hydrogens (tertiary/aromatic N) is 1. The Bertz CT molecular complexity index is 678. The highest BCUT2D eigenvalue weighted by Crippen LogP contribution is 2.20. The van der Waals surface area contributed by atoms with E-state index in [9.17, 15) is 4.79 Å². The maximum Gasteiger partial charge on any atom is 0.323 e. The monoisotopic (exact) mass is 305 g/mol. The lowest BCUT2D eigenvalue weighted by Crippen LogP contribution is -2.19. The fourth-order valence-corrected chi connectivity index (χ4v) is 1.86. The average Bonchev–Trinajstić information content (AvgIpc) is 2.41. The summed E-state index contributed by atoms with van der Waals surface area (Å²) in [5, 5.41) is 14.9. The molecule has 0 heterocycles. The highest BCUT2D eigenvalue weighted by atomic mass is 35.5. The maximum absolute atomic E-state index is 11.8. The molecule has 0 aromatic heterocycles. The summed E-state index contributed by atoms with van der Waals surface area (Å²) in [7, 11) is 0. The van der Waals surface area contributed by atoms with Gasteiger partial charge in [-0.15, -0.1) is 0 Å². The summed E-state index contributed by atoms with van der Waals surface area (Å²) >= 11 is 11.6. The van der Waals surface area contributed by atoms with Crippen LogP contribution < -0.4 is 10.6 Å². The molecular formula is C14H9Cl2N3O. The highest BCUT2D eigenvalue weighted by molar-refractivity contribution is 6.32. The first-order chi connectivity index (χ1) is 9.58. The summed E-state index contributed by atoms with van der Waals surface area (Å²) in [5.41, 5.74) is 1.47. The van der Waals surface area contributed by atoms with Gasteiger partial charge >= 0.3 is 6.03 Å². The van der Waals surface area contributed by atoms with E-state index in [0.29, 0.717) is 22.0 Å².